The number of amidine groups is 1. The van der Waals surface area contributed by atoms with Crippen molar-refractivity contribution in [1.29, 1.82) is 0 Å². The number of benzene rings is 1. The first kappa shape index (κ1) is 8.47. The molecule has 5 heteroatoms. The number of azo groups is 1. The predicted octanol–water partition coefficient (Wildman–Crippen LogP) is 2.84. The van der Waals surface area contributed by atoms with Crippen molar-refractivity contribution in [1.82, 2.24) is 0 Å². The van der Waals surface area contributed by atoms with Crippen LogP contribution in [-0.2, 0) is 0 Å². The van der Waals surface area contributed by atoms with Crippen molar-refractivity contribution in [2.24, 2.45) is 15.2 Å². The van der Waals surface area contributed by atoms with Crippen molar-refractivity contribution in [3.8, 4) is 0 Å². The zero-order chi connectivity index (χ0) is 9.26. The van der Waals surface area contributed by atoms with Crippen molar-refractivity contribution in [3.05, 3.63) is 34.9 Å². The lowest BCUT2D eigenvalue weighted by atomic mass is 10.2. The Morgan fingerprint density at radius 3 is 2.31 bits per heavy atom. The Bertz CT molecular complexity index is 408. The molecule has 0 fully saturated rings. The highest BCUT2D eigenvalue weighted by atomic mass is 35.5. The number of nitrogens with zero attached hydrogens (tertiary/aromatic N) is 3. The summed E-state index contributed by atoms with van der Waals surface area (Å²) >= 11 is 10.5. The van der Waals surface area contributed by atoms with Gasteiger partial charge in [-0.25, -0.2) is 0 Å². The molecule has 0 N–H and O–H groups in total. The van der Waals surface area contributed by atoms with Crippen LogP contribution in [-0.4, -0.2) is 10.9 Å². The maximum atomic E-state index is 5.73. The molecule has 0 amide bonds. The van der Waals surface area contributed by atoms with Gasteiger partial charge in [0.25, 0.3) is 0 Å². The molecule has 0 atom stereocenters. The van der Waals surface area contributed by atoms with Crippen LogP contribution in [0.2, 0.25) is 5.02 Å². The Hall–Kier alpha value is -1.13. The number of hydrogen-bond acceptors (Lipinski definition) is 2. The second-order valence-corrected chi connectivity index (χ2v) is 3.23. The summed E-state index contributed by atoms with van der Waals surface area (Å²) in [6.07, 6.45) is 0. The van der Waals surface area contributed by atoms with E-state index in [-0.39, 0.29) is 5.11 Å². The van der Waals surface area contributed by atoms with Crippen LogP contribution >= 0.6 is 23.8 Å². The van der Waals surface area contributed by atoms with Gasteiger partial charge in [-0.15, -0.1) is 10.2 Å². The molecule has 0 aromatic heterocycles. The average Bonchev–Trinajstić information content (AvgIpc) is 2.53. The van der Waals surface area contributed by atoms with E-state index in [0.717, 1.165) is 5.56 Å². The van der Waals surface area contributed by atoms with E-state index < -0.39 is 0 Å². The van der Waals surface area contributed by atoms with E-state index in [1.54, 1.807) is 12.1 Å². The van der Waals surface area contributed by atoms with E-state index >= 15 is 0 Å². The van der Waals surface area contributed by atoms with Crippen molar-refractivity contribution < 1.29 is 0 Å². The number of rotatable bonds is 1. The standard InChI is InChI=1S/C8H4ClN3S/c9-6-3-1-5(2-4-6)7-10-8(13)12-11-7/h1-4H. The summed E-state index contributed by atoms with van der Waals surface area (Å²) in [6.45, 7) is 0. The smallest absolute Gasteiger partial charge is 0.195 e. The molecular formula is C8H4ClN3S. The predicted molar refractivity (Wildman–Crippen MR) is 55.4 cm³/mol. The maximum Gasteiger partial charge on any atom is 0.242 e. The Morgan fingerprint density at radius 1 is 1.08 bits per heavy atom. The Morgan fingerprint density at radius 2 is 1.77 bits per heavy atom. The summed E-state index contributed by atoms with van der Waals surface area (Å²) in [7, 11) is 0. The van der Waals surface area contributed by atoms with Crippen LogP contribution in [0.4, 0.5) is 0 Å². The molecule has 1 aromatic rings. The fourth-order valence-electron chi connectivity index (χ4n) is 0.947. The van der Waals surface area contributed by atoms with Gasteiger partial charge in [0.2, 0.25) is 5.11 Å². The SMILES string of the molecule is S=C1N=NC(c2ccc(Cl)cc2)=N1. The number of halogens is 1. The third kappa shape index (κ3) is 1.79. The van der Waals surface area contributed by atoms with E-state index in [4.69, 9.17) is 23.8 Å². The highest BCUT2D eigenvalue weighted by Crippen LogP contribution is 2.13. The van der Waals surface area contributed by atoms with Crippen LogP contribution in [0.5, 0.6) is 0 Å². The maximum absolute atomic E-state index is 5.73. The minimum atomic E-state index is 0.268. The van der Waals surface area contributed by atoms with E-state index in [1.807, 2.05) is 12.1 Å². The number of thiocarbonyl (C=S) groups is 1. The highest BCUT2D eigenvalue weighted by Gasteiger charge is 2.08. The van der Waals surface area contributed by atoms with Gasteiger partial charge in [-0.3, -0.25) is 0 Å². The van der Waals surface area contributed by atoms with E-state index in [0.29, 0.717) is 10.9 Å². The van der Waals surface area contributed by atoms with Gasteiger partial charge < -0.3 is 0 Å². The molecule has 1 heterocycles. The Labute approximate surface area is 85.2 Å². The normalized spacial score (nSPS) is 14.8. The lowest BCUT2D eigenvalue weighted by molar-refractivity contribution is 1.40. The molecule has 0 aliphatic carbocycles. The summed E-state index contributed by atoms with van der Waals surface area (Å²) in [5, 5.41) is 8.39. The summed E-state index contributed by atoms with van der Waals surface area (Å²) in [4.78, 5) is 3.96. The molecule has 1 aromatic carbocycles. The molecule has 0 spiro atoms. The largest absolute Gasteiger partial charge is 0.242 e. The van der Waals surface area contributed by atoms with Gasteiger partial charge in [0.15, 0.2) is 5.84 Å². The molecule has 3 nitrogen and oxygen atoms in total. The molecule has 1 aliphatic rings. The topological polar surface area (TPSA) is 37.1 Å². The second-order valence-electron chi connectivity index (χ2n) is 2.42. The second kappa shape index (κ2) is 3.32. The molecule has 0 saturated heterocycles. The van der Waals surface area contributed by atoms with E-state index in [9.17, 15) is 0 Å². The van der Waals surface area contributed by atoms with Gasteiger partial charge in [0.1, 0.15) is 0 Å². The molecule has 64 valence electrons. The molecule has 2 rings (SSSR count). The Balaban J connectivity index is 2.37. The van der Waals surface area contributed by atoms with E-state index in [2.05, 4.69) is 15.2 Å². The lowest BCUT2D eigenvalue weighted by Gasteiger charge is -1.94. The minimum absolute atomic E-state index is 0.268. The first-order chi connectivity index (χ1) is 6.25. The summed E-state index contributed by atoms with van der Waals surface area (Å²) in [6, 6.07) is 7.20. The number of aliphatic imine (C=N–C) groups is 1. The third-order valence-electron chi connectivity index (χ3n) is 1.53. The summed E-state index contributed by atoms with van der Waals surface area (Å²) in [5.41, 5.74) is 0.869. The molecule has 13 heavy (non-hydrogen) atoms. The van der Waals surface area contributed by atoms with Gasteiger partial charge in [-0.2, -0.15) is 4.99 Å². The Kier molecular flexibility index (Phi) is 2.16. The molecular weight excluding hydrogens is 206 g/mol. The van der Waals surface area contributed by atoms with Crippen LogP contribution in [0, 0.1) is 0 Å². The quantitative estimate of drug-likeness (QED) is 0.656. The zero-order valence-corrected chi connectivity index (χ0v) is 8.01. The van der Waals surface area contributed by atoms with Crippen LogP contribution in [0.3, 0.4) is 0 Å². The van der Waals surface area contributed by atoms with Crippen molar-refractivity contribution >= 4 is 34.8 Å². The van der Waals surface area contributed by atoms with Gasteiger partial charge in [0.05, 0.1) is 0 Å². The van der Waals surface area contributed by atoms with Gasteiger partial charge in [-0.1, -0.05) is 11.6 Å². The first-order valence-corrected chi connectivity index (χ1v) is 4.35. The van der Waals surface area contributed by atoms with Crippen LogP contribution in [0.1, 0.15) is 5.56 Å². The van der Waals surface area contributed by atoms with E-state index in [1.165, 1.54) is 0 Å². The minimum Gasteiger partial charge on any atom is -0.195 e. The van der Waals surface area contributed by atoms with Gasteiger partial charge >= 0.3 is 0 Å². The zero-order valence-electron chi connectivity index (χ0n) is 6.44. The number of hydrogen-bond donors (Lipinski definition) is 0. The van der Waals surface area contributed by atoms with Crippen LogP contribution in [0.25, 0.3) is 0 Å². The fraction of sp³-hybridized carbons (Fsp3) is 0. The fourth-order valence-corrected chi connectivity index (χ4v) is 1.20. The molecule has 0 saturated carbocycles. The monoisotopic (exact) mass is 209 g/mol. The van der Waals surface area contributed by atoms with Crippen LogP contribution in [0.15, 0.2) is 39.5 Å². The third-order valence-corrected chi connectivity index (χ3v) is 1.96. The summed E-state index contributed by atoms with van der Waals surface area (Å²) in [5.74, 6) is 0.543. The molecule has 1 aliphatic heterocycles. The van der Waals surface area contributed by atoms with Crippen LogP contribution < -0.4 is 0 Å². The molecule has 0 bridgehead atoms. The lowest BCUT2D eigenvalue weighted by Crippen LogP contribution is -1.92. The highest BCUT2D eigenvalue weighted by molar-refractivity contribution is 7.80. The van der Waals surface area contributed by atoms with Crippen molar-refractivity contribution in [2.45, 2.75) is 0 Å². The molecule has 0 radical (unpaired) electrons. The van der Waals surface area contributed by atoms with Gasteiger partial charge in [0, 0.05) is 10.6 Å². The summed E-state index contributed by atoms with van der Waals surface area (Å²) < 4.78 is 0. The first-order valence-electron chi connectivity index (χ1n) is 3.56. The van der Waals surface area contributed by atoms with Gasteiger partial charge in [-0.05, 0) is 36.5 Å². The average molecular weight is 210 g/mol. The molecule has 0 unspecified atom stereocenters. The van der Waals surface area contributed by atoms with Crippen molar-refractivity contribution in [2.75, 3.05) is 0 Å². The van der Waals surface area contributed by atoms with Crippen molar-refractivity contribution in [3.63, 3.8) is 0 Å².